The van der Waals surface area contributed by atoms with Crippen molar-refractivity contribution in [1.82, 2.24) is 0 Å². The predicted molar refractivity (Wildman–Crippen MR) is 71.6 cm³/mol. The normalized spacial score (nSPS) is 10.7. The molecule has 1 rings (SSSR count). The second-order valence-electron chi connectivity index (χ2n) is 4.11. The number of nitrogens with one attached hydrogen (secondary N) is 1. The smallest absolute Gasteiger partial charge is 0.0343 e. The summed E-state index contributed by atoms with van der Waals surface area (Å²) in [6.07, 6.45) is 0. The van der Waals surface area contributed by atoms with Crippen LogP contribution in [0.5, 0.6) is 0 Å². The summed E-state index contributed by atoms with van der Waals surface area (Å²) in [5, 5.41) is 3.45. The largest absolute Gasteiger partial charge is 0.385 e. The van der Waals surface area contributed by atoms with Gasteiger partial charge in [-0.15, -0.1) is 0 Å². The van der Waals surface area contributed by atoms with Gasteiger partial charge in [-0.2, -0.15) is 11.8 Å². The molecule has 0 aliphatic carbocycles. The Labute approximate surface area is 97.7 Å². The van der Waals surface area contributed by atoms with Crippen LogP contribution in [0.15, 0.2) is 24.3 Å². The molecule has 0 fully saturated rings. The lowest BCUT2D eigenvalue weighted by Gasteiger charge is -2.10. The van der Waals surface area contributed by atoms with Crippen molar-refractivity contribution in [2.75, 3.05) is 17.6 Å². The van der Waals surface area contributed by atoms with Crippen LogP contribution in [0.2, 0.25) is 0 Å². The predicted octanol–water partition coefficient (Wildman–Crippen LogP) is 4.01. The molecule has 1 aromatic carbocycles. The van der Waals surface area contributed by atoms with Crippen molar-refractivity contribution < 1.29 is 0 Å². The molecule has 0 aliphatic heterocycles. The van der Waals surface area contributed by atoms with Crippen molar-refractivity contribution in [2.45, 2.75) is 26.5 Å². The molecule has 0 amide bonds. The lowest BCUT2D eigenvalue weighted by atomic mass is 10.2. The van der Waals surface area contributed by atoms with Gasteiger partial charge in [-0.3, -0.25) is 0 Å². The molecule has 0 unspecified atom stereocenters. The average molecular weight is 223 g/mol. The molecule has 0 radical (unpaired) electrons. The maximum Gasteiger partial charge on any atom is 0.0343 e. The zero-order valence-corrected chi connectivity index (χ0v) is 10.7. The number of anilines is 1. The average Bonchev–Trinajstić information content (AvgIpc) is 2.24. The molecular formula is C13H21NS. The molecule has 0 saturated carbocycles. The van der Waals surface area contributed by atoms with Crippen molar-refractivity contribution in [3.05, 3.63) is 29.8 Å². The summed E-state index contributed by atoms with van der Waals surface area (Å²) in [5.74, 6) is 3.00. The maximum atomic E-state index is 3.45. The summed E-state index contributed by atoms with van der Waals surface area (Å²) >= 11 is 1.97. The van der Waals surface area contributed by atoms with E-state index >= 15 is 0 Å². The monoisotopic (exact) mass is 223 g/mol. The van der Waals surface area contributed by atoms with Crippen molar-refractivity contribution in [3.8, 4) is 0 Å². The van der Waals surface area contributed by atoms with E-state index in [0.717, 1.165) is 12.3 Å². The van der Waals surface area contributed by atoms with Gasteiger partial charge in [0.1, 0.15) is 0 Å². The first-order valence-corrected chi connectivity index (χ1v) is 6.78. The highest BCUT2D eigenvalue weighted by Crippen LogP contribution is 2.16. The summed E-state index contributed by atoms with van der Waals surface area (Å²) in [6, 6.07) is 8.73. The van der Waals surface area contributed by atoms with E-state index < -0.39 is 0 Å². The van der Waals surface area contributed by atoms with E-state index in [1.807, 2.05) is 11.8 Å². The number of hydrogen-bond donors (Lipinski definition) is 1. The van der Waals surface area contributed by atoms with Crippen LogP contribution < -0.4 is 5.32 Å². The van der Waals surface area contributed by atoms with Crippen LogP contribution in [0.25, 0.3) is 0 Å². The highest BCUT2D eigenvalue weighted by Gasteiger charge is 1.97. The van der Waals surface area contributed by atoms with Gasteiger partial charge >= 0.3 is 0 Å². The Kier molecular flexibility index (Phi) is 5.62. The molecule has 0 aliphatic rings. The quantitative estimate of drug-likeness (QED) is 0.782. The Balaban J connectivity index is 2.50. The fourth-order valence-electron chi connectivity index (χ4n) is 1.31. The van der Waals surface area contributed by atoms with Crippen LogP contribution in [0, 0.1) is 5.92 Å². The van der Waals surface area contributed by atoms with Crippen LogP contribution in [-0.2, 0) is 5.75 Å². The first-order chi connectivity index (χ1) is 7.22. The summed E-state index contributed by atoms with van der Waals surface area (Å²) < 4.78 is 0. The molecule has 1 nitrogen and oxygen atoms in total. The molecule has 0 aromatic heterocycles. The van der Waals surface area contributed by atoms with Gasteiger partial charge < -0.3 is 5.32 Å². The molecule has 0 atom stereocenters. The van der Waals surface area contributed by atoms with Crippen LogP contribution in [-0.4, -0.2) is 12.3 Å². The summed E-state index contributed by atoms with van der Waals surface area (Å²) in [6.45, 7) is 7.70. The Bertz CT molecular complexity index is 284. The lowest BCUT2D eigenvalue weighted by molar-refractivity contribution is 0.689. The van der Waals surface area contributed by atoms with E-state index in [-0.39, 0.29) is 0 Å². The molecule has 0 spiro atoms. The highest BCUT2D eigenvalue weighted by atomic mass is 32.2. The van der Waals surface area contributed by atoms with Gasteiger partial charge in [-0.05, 0) is 29.4 Å². The third-order valence-electron chi connectivity index (χ3n) is 2.11. The van der Waals surface area contributed by atoms with Gasteiger partial charge in [0.2, 0.25) is 0 Å². The second kappa shape index (κ2) is 6.78. The zero-order chi connectivity index (χ0) is 11.1. The molecule has 1 N–H and O–H groups in total. The van der Waals surface area contributed by atoms with Gasteiger partial charge in [0.25, 0.3) is 0 Å². The minimum atomic E-state index is 0.693. The van der Waals surface area contributed by atoms with Crippen molar-refractivity contribution >= 4 is 17.4 Å². The third-order valence-corrected chi connectivity index (χ3v) is 3.06. The van der Waals surface area contributed by atoms with E-state index in [0.29, 0.717) is 5.92 Å². The molecule has 84 valence electrons. The van der Waals surface area contributed by atoms with Gasteiger partial charge in [-0.1, -0.05) is 32.9 Å². The number of benzene rings is 1. The van der Waals surface area contributed by atoms with E-state index in [1.165, 1.54) is 17.0 Å². The molecule has 15 heavy (non-hydrogen) atoms. The standard InChI is InChI=1S/C13H21NS/c1-4-15-10-12-6-5-7-13(8-12)14-9-11(2)3/h5-8,11,14H,4,9-10H2,1-3H3. The van der Waals surface area contributed by atoms with Crippen LogP contribution in [0.4, 0.5) is 5.69 Å². The maximum absolute atomic E-state index is 3.45. The van der Waals surface area contributed by atoms with Gasteiger partial charge in [0, 0.05) is 18.0 Å². The van der Waals surface area contributed by atoms with Crippen molar-refractivity contribution in [2.24, 2.45) is 5.92 Å². The van der Waals surface area contributed by atoms with Crippen molar-refractivity contribution in [1.29, 1.82) is 0 Å². The fraction of sp³-hybridized carbons (Fsp3) is 0.538. The molecule has 0 heterocycles. The third kappa shape index (κ3) is 5.12. The minimum Gasteiger partial charge on any atom is -0.385 e. The molecule has 0 saturated heterocycles. The van der Waals surface area contributed by atoms with E-state index in [4.69, 9.17) is 0 Å². The van der Waals surface area contributed by atoms with Crippen LogP contribution >= 0.6 is 11.8 Å². The van der Waals surface area contributed by atoms with Gasteiger partial charge in [0.05, 0.1) is 0 Å². The Hall–Kier alpha value is -0.630. The van der Waals surface area contributed by atoms with E-state index in [2.05, 4.69) is 50.4 Å². The van der Waals surface area contributed by atoms with E-state index in [9.17, 15) is 0 Å². The Morgan fingerprint density at radius 3 is 2.80 bits per heavy atom. The summed E-state index contributed by atoms with van der Waals surface area (Å²) in [5.41, 5.74) is 2.66. The fourth-order valence-corrected chi connectivity index (χ4v) is 1.93. The zero-order valence-electron chi connectivity index (χ0n) is 9.92. The van der Waals surface area contributed by atoms with Crippen LogP contribution in [0.1, 0.15) is 26.3 Å². The minimum absolute atomic E-state index is 0.693. The summed E-state index contributed by atoms with van der Waals surface area (Å²) in [4.78, 5) is 0. The number of hydrogen-bond acceptors (Lipinski definition) is 2. The Morgan fingerprint density at radius 1 is 1.33 bits per heavy atom. The van der Waals surface area contributed by atoms with Gasteiger partial charge in [0.15, 0.2) is 0 Å². The number of thioether (sulfide) groups is 1. The van der Waals surface area contributed by atoms with Gasteiger partial charge in [-0.25, -0.2) is 0 Å². The highest BCUT2D eigenvalue weighted by molar-refractivity contribution is 7.98. The summed E-state index contributed by atoms with van der Waals surface area (Å²) in [7, 11) is 0. The first-order valence-electron chi connectivity index (χ1n) is 5.63. The Morgan fingerprint density at radius 2 is 2.13 bits per heavy atom. The molecule has 2 heteroatoms. The van der Waals surface area contributed by atoms with Crippen LogP contribution in [0.3, 0.4) is 0 Å². The second-order valence-corrected chi connectivity index (χ2v) is 5.39. The molecule has 0 bridgehead atoms. The topological polar surface area (TPSA) is 12.0 Å². The first kappa shape index (κ1) is 12.4. The molecular weight excluding hydrogens is 202 g/mol. The number of rotatable bonds is 6. The lowest BCUT2D eigenvalue weighted by Crippen LogP contribution is -2.07. The van der Waals surface area contributed by atoms with Crippen molar-refractivity contribution in [3.63, 3.8) is 0 Å². The molecule has 1 aromatic rings. The van der Waals surface area contributed by atoms with E-state index in [1.54, 1.807) is 0 Å². The SMILES string of the molecule is CCSCc1cccc(NCC(C)C)c1.